The molecule has 0 amide bonds. The number of nitro groups is 2. The van der Waals surface area contributed by atoms with Gasteiger partial charge in [0.2, 0.25) is 0 Å². The van der Waals surface area contributed by atoms with Gasteiger partial charge < -0.3 is 4.74 Å². The van der Waals surface area contributed by atoms with Gasteiger partial charge in [-0.2, -0.15) is 5.10 Å². The second-order valence-electron chi connectivity index (χ2n) is 14.2. The first-order valence-corrected chi connectivity index (χ1v) is 16.2. The lowest BCUT2D eigenvalue weighted by Crippen LogP contribution is -2.53. The smallest absolute Gasteiger partial charge is 0.306 e. The van der Waals surface area contributed by atoms with Crippen molar-refractivity contribution >= 4 is 28.7 Å². The molecular formula is C33H50N4O6. The Bertz CT molecular complexity index is 1230. The lowest BCUT2D eigenvalue weighted by atomic mass is 9.47. The number of nitrogens with one attached hydrogen (secondary N) is 1. The maximum Gasteiger partial charge on any atom is 0.306 e. The van der Waals surface area contributed by atoms with Crippen molar-refractivity contribution in [2.24, 2.45) is 51.4 Å². The summed E-state index contributed by atoms with van der Waals surface area (Å²) in [7, 11) is 0. The van der Waals surface area contributed by atoms with E-state index in [1.165, 1.54) is 44.2 Å². The van der Waals surface area contributed by atoms with Crippen LogP contribution in [0.3, 0.4) is 0 Å². The molecule has 3 aliphatic rings. The molecule has 3 fully saturated rings. The molecule has 0 heterocycles. The van der Waals surface area contributed by atoms with Gasteiger partial charge in [0.05, 0.1) is 28.9 Å². The average Bonchev–Trinajstić information content (AvgIpc) is 3.29. The predicted octanol–water partition coefficient (Wildman–Crippen LogP) is 8.55. The molecule has 1 N–H and O–H groups in total. The van der Waals surface area contributed by atoms with Gasteiger partial charge in [0, 0.05) is 17.2 Å². The molecule has 0 unspecified atom stereocenters. The average molecular weight is 599 g/mol. The number of hydrogen-bond donors (Lipinski definition) is 1. The van der Waals surface area contributed by atoms with E-state index >= 15 is 0 Å². The highest BCUT2D eigenvalue weighted by atomic mass is 16.6. The number of nitro benzene ring substituents is 2. The van der Waals surface area contributed by atoms with Crippen molar-refractivity contribution in [1.29, 1.82) is 0 Å². The molecule has 1 aromatic rings. The minimum Gasteiger partial charge on any atom is -0.466 e. The van der Waals surface area contributed by atoms with Gasteiger partial charge in [0.1, 0.15) is 5.69 Å². The summed E-state index contributed by atoms with van der Waals surface area (Å²) in [5, 5.41) is 27.6. The Kier molecular flexibility index (Phi) is 10.2. The lowest BCUT2D eigenvalue weighted by Gasteiger charge is -2.57. The highest BCUT2D eigenvalue weighted by molar-refractivity contribution is 5.94. The number of carbonyl (C=O) groups is 1. The third-order valence-electron chi connectivity index (χ3n) is 11.3. The topological polar surface area (TPSA) is 137 Å². The monoisotopic (exact) mass is 598 g/mol. The number of rotatable bonds is 12. The van der Waals surface area contributed by atoms with Crippen molar-refractivity contribution in [1.82, 2.24) is 0 Å². The normalized spacial score (nSPS) is 31.7. The number of esters is 1. The van der Waals surface area contributed by atoms with Gasteiger partial charge in [0.25, 0.3) is 5.69 Å². The fourth-order valence-corrected chi connectivity index (χ4v) is 9.24. The van der Waals surface area contributed by atoms with Gasteiger partial charge >= 0.3 is 11.7 Å². The van der Waals surface area contributed by atoms with Crippen molar-refractivity contribution in [2.45, 2.75) is 106 Å². The Hall–Kier alpha value is -3.04. The lowest BCUT2D eigenvalue weighted by molar-refractivity contribution is -0.393. The summed E-state index contributed by atoms with van der Waals surface area (Å²) in [6.07, 6.45) is 10.4. The van der Waals surface area contributed by atoms with Gasteiger partial charge in [-0.05, 0) is 92.4 Å². The van der Waals surface area contributed by atoms with Crippen LogP contribution in [-0.4, -0.2) is 28.1 Å². The molecule has 7 atom stereocenters. The van der Waals surface area contributed by atoms with Gasteiger partial charge in [-0.3, -0.25) is 30.4 Å². The van der Waals surface area contributed by atoms with Gasteiger partial charge in [-0.15, -0.1) is 0 Å². The van der Waals surface area contributed by atoms with Crippen molar-refractivity contribution in [3.05, 3.63) is 38.4 Å². The van der Waals surface area contributed by atoms with E-state index in [4.69, 9.17) is 9.84 Å². The highest BCUT2D eigenvalue weighted by Gasteiger charge is 2.60. The molecule has 4 rings (SSSR count). The highest BCUT2D eigenvalue weighted by Crippen LogP contribution is 2.66. The Morgan fingerprint density at radius 2 is 1.81 bits per heavy atom. The third-order valence-corrected chi connectivity index (χ3v) is 11.3. The molecule has 10 heteroatoms. The molecule has 0 bridgehead atoms. The van der Waals surface area contributed by atoms with E-state index in [2.05, 4.69) is 40.0 Å². The number of fused-ring (bicyclic) bond motifs is 3. The summed E-state index contributed by atoms with van der Waals surface area (Å²) in [5.41, 5.74) is 2.74. The maximum absolute atomic E-state index is 13.0. The van der Waals surface area contributed by atoms with Gasteiger partial charge in [-0.1, -0.05) is 53.9 Å². The van der Waals surface area contributed by atoms with Crippen molar-refractivity contribution in [3.8, 4) is 0 Å². The number of anilines is 1. The summed E-state index contributed by atoms with van der Waals surface area (Å²) < 4.78 is 5.43. The minimum atomic E-state index is -0.656. The van der Waals surface area contributed by atoms with Crippen LogP contribution in [-0.2, 0) is 9.53 Å². The fraction of sp³-hybridized carbons (Fsp3) is 0.758. The molecule has 238 valence electrons. The summed E-state index contributed by atoms with van der Waals surface area (Å²) in [6, 6.07) is 3.49. The zero-order valence-electron chi connectivity index (χ0n) is 26.8. The van der Waals surface area contributed by atoms with Crippen molar-refractivity contribution in [2.75, 3.05) is 12.0 Å². The zero-order valence-corrected chi connectivity index (χ0v) is 26.8. The number of ether oxygens (including phenoxy) is 1. The van der Waals surface area contributed by atoms with Crippen LogP contribution < -0.4 is 5.43 Å². The number of hydrazone groups is 1. The summed E-state index contributed by atoms with van der Waals surface area (Å²) in [4.78, 5) is 34.6. The first-order chi connectivity index (χ1) is 20.3. The van der Waals surface area contributed by atoms with E-state index in [1.54, 1.807) is 6.92 Å². The number of carbonyl (C=O) groups excluding carboxylic acids is 1. The first kappa shape index (κ1) is 32.9. The Balaban J connectivity index is 1.60. The summed E-state index contributed by atoms with van der Waals surface area (Å²) in [6.45, 7) is 13.8. The van der Waals surface area contributed by atoms with E-state index in [0.29, 0.717) is 36.2 Å². The van der Waals surface area contributed by atoms with Crippen LogP contribution in [0.4, 0.5) is 17.1 Å². The fourth-order valence-electron chi connectivity index (χ4n) is 9.24. The standard InChI is InChI=1S/C33H50N4O6/c1-7-43-31(38)20-33(6)27-17-18-32(5)25(22(4)10-8-9-21(2)3)13-14-26(32)24(27)12-16-30(33)35-34-28-15-11-23(36(39)40)19-29(28)37(41)42/h11,15,19,21-22,24-27,34H,7-10,12-14,16-18,20H2,1-6H3/b35-30+/t22-,24-,25+,26+,27+,32-,33+/m0/s1. The van der Waals surface area contributed by atoms with Crippen LogP contribution in [0.15, 0.2) is 23.3 Å². The molecule has 1 aromatic carbocycles. The second-order valence-corrected chi connectivity index (χ2v) is 14.2. The molecule has 0 saturated heterocycles. The van der Waals surface area contributed by atoms with Crippen molar-refractivity contribution < 1.29 is 19.4 Å². The summed E-state index contributed by atoms with van der Waals surface area (Å²) >= 11 is 0. The van der Waals surface area contributed by atoms with Gasteiger partial charge in [-0.25, -0.2) is 0 Å². The molecule has 43 heavy (non-hydrogen) atoms. The molecule has 3 saturated carbocycles. The van der Waals surface area contributed by atoms with Gasteiger partial charge in [0.15, 0.2) is 0 Å². The SMILES string of the molecule is CCOC(=O)C[C@@]1(C)/C(=N/Nc2ccc([N+](=O)[O-])cc2[N+](=O)[O-])CC[C@H]2[C@H]3CC[C@H]([C@@H](C)CCCC(C)C)[C@]3(C)CC[C@H]21. The summed E-state index contributed by atoms with van der Waals surface area (Å²) in [5.74, 6) is 3.27. The van der Waals surface area contributed by atoms with E-state index < -0.39 is 20.9 Å². The first-order valence-electron chi connectivity index (χ1n) is 16.2. The quantitative estimate of drug-likeness (QED) is 0.144. The maximum atomic E-state index is 13.0. The molecule has 0 aliphatic heterocycles. The van der Waals surface area contributed by atoms with Crippen LogP contribution in [0, 0.1) is 66.6 Å². The van der Waals surface area contributed by atoms with E-state index in [0.717, 1.165) is 42.9 Å². The Morgan fingerprint density at radius 1 is 1.07 bits per heavy atom. The van der Waals surface area contributed by atoms with E-state index in [9.17, 15) is 25.0 Å². The number of hydrogen-bond acceptors (Lipinski definition) is 8. The number of non-ortho nitro benzene ring substituents is 1. The van der Waals surface area contributed by atoms with Crippen LogP contribution in [0.25, 0.3) is 0 Å². The molecule has 10 nitrogen and oxygen atoms in total. The molecule has 0 spiro atoms. The van der Waals surface area contributed by atoms with E-state index in [1.807, 2.05) is 0 Å². The van der Waals surface area contributed by atoms with Crippen LogP contribution >= 0.6 is 0 Å². The zero-order chi connectivity index (χ0) is 31.5. The Labute approximate surface area is 255 Å². The number of nitrogens with zero attached hydrogens (tertiary/aromatic N) is 3. The third kappa shape index (κ3) is 6.73. The largest absolute Gasteiger partial charge is 0.466 e. The molecule has 0 aromatic heterocycles. The van der Waals surface area contributed by atoms with Crippen LogP contribution in [0.5, 0.6) is 0 Å². The van der Waals surface area contributed by atoms with Crippen molar-refractivity contribution in [3.63, 3.8) is 0 Å². The minimum absolute atomic E-state index is 0.0880. The molecular weight excluding hydrogens is 548 g/mol. The molecule has 3 aliphatic carbocycles. The van der Waals surface area contributed by atoms with Crippen LogP contribution in [0.1, 0.15) is 106 Å². The predicted molar refractivity (Wildman–Crippen MR) is 168 cm³/mol. The van der Waals surface area contributed by atoms with E-state index in [-0.39, 0.29) is 29.7 Å². The Morgan fingerprint density at radius 3 is 2.47 bits per heavy atom. The number of benzene rings is 1. The second kappa shape index (κ2) is 13.3. The molecule has 0 radical (unpaired) electrons. The van der Waals surface area contributed by atoms with Crippen LogP contribution in [0.2, 0.25) is 0 Å².